The summed E-state index contributed by atoms with van der Waals surface area (Å²) in [6.45, 7) is 0. The first-order valence-electron chi connectivity index (χ1n) is 7.62. The molecule has 0 aliphatic heterocycles. The van der Waals surface area contributed by atoms with Gasteiger partial charge in [0.1, 0.15) is 6.42 Å². The molecular weight excluding hydrogens is 360 g/mol. The van der Waals surface area contributed by atoms with E-state index < -0.39 is 11.8 Å². The molecule has 0 unspecified atom stereocenters. The number of amides is 2. The van der Waals surface area contributed by atoms with Gasteiger partial charge in [0.05, 0.1) is 32.0 Å². The Labute approximate surface area is 156 Å². The molecule has 0 bridgehead atoms. The molecule has 138 valence electrons. The number of ether oxygens (including phenoxy) is 3. The number of carbonyl (C=O) groups is 2. The van der Waals surface area contributed by atoms with Crippen LogP contribution in [0.5, 0.6) is 17.2 Å². The van der Waals surface area contributed by atoms with Crippen molar-refractivity contribution in [2.24, 2.45) is 0 Å². The highest BCUT2D eigenvalue weighted by atomic mass is 35.5. The van der Waals surface area contributed by atoms with Gasteiger partial charge in [0, 0.05) is 17.8 Å². The summed E-state index contributed by atoms with van der Waals surface area (Å²) in [5.41, 5.74) is 0.856. The van der Waals surface area contributed by atoms with Crippen LogP contribution in [0, 0.1) is 0 Å². The Morgan fingerprint density at radius 3 is 2.04 bits per heavy atom. The standard InChI is InChI=1S/C18H19ClN2O5/c1-24-14-8-11(9-15(25-2)18(14)26-3)20-16(22)10-17(23)21-13-7-5-4-6-12(13)19/h4-9H,10H2,1-3H3,(H,20,22)(H,21,23). The minimum absolute atomic E-state index is 0.373. The first kappa shape index (κ1) is 19.4. The molecular formula is C18H19ClN2O5. The molecule has 2 aromatic carbocycles. The molecule has 0 atom stereocenters. The molecule has 0 saturated carbocycles. The molecule has 7 nitrogen and oxygen atoms in total. The van der Waals surface area contributed by atoms with Gasteiger partial charge >= 0.3 is 0 Å². The van der Waals surface area contributed by atoms with Crippen molar-refractivity contribution in [1.82, 2.24) is 0 Å². The molecule has 2 rings (SSSR count). The molecule has 26 heavy (non-hydrogen) atoms. The number of rotatable bonds is 7. The molecule has 0 fully saturated rings. The second-order valence-electron chi connectivity index (χ2n) is 5.17. The van der Waals surface area contributed by atoms with Crippen molar-refractivity contribution in [3.05, 3.63) is 41.4 Å². The number of para-hydroxylation sites is 1. The van der Waals surface area contributed by atoms with Crippen LogP contribution in [0.3, 0.4) is 0 Å². The van der Waals surface area contributed by atoms with Gasteiger partial charge < -0.3 is 24.8 Å². The predicted octanol–water partition coefficient (Wildman–Crippen LogP) is 3.33. The maximum atomic E-state index is 12.1. The topological polar surface area (TPSA) is 85.9 Å². The van der Waals surface area contributed by atoms with Crippen molar-refractivity contribution in [2.45, 2.75) is 6.42 Å². The minimum atomic E-state index is -0.496. The third-order valence-electron chi connectivity index (χ3n) is 3.42. The van der Waals surface area contributed by atoms with Crippen LogP contribution in [0.4, 0.5) is 11.4 Å². The number of nitrogens with one attached hydrogen (secondary N) is 2. The van der Waals surface area contributed by atoms with E-state index in [1.807, 2.05) is 0 Å². The average Bonchev–Trinajstić information content (AvgIpc) is 2.62. The van der Waals surface area contributed by atoms with Crippen molar-refractivity contribution in [2.75, 3.05) is 32.0 Å². The van der Waals surface area contributed by atoms with Crippen LogP contribution < -0.4 is 24.8 Å². The number of benzene rings is 2. The van der Waals surface area contributed by atoms with Gasteiger partial charge in [0.25, 0.3) is 0 Å². The fourth-order valence-corrected chi connectivity index (χ4v) is 2.44. The zero-order valence-corrected chi connectivity index (χ0v) is 15.3. The van der Waals surface area contributed by atoms with Crippen molar-refractivity contribution < 1.29 is 23.8 Å². The van der Waals surface area contributed by atoms with E-state index in [0.29, 0.717) is 33.6 Å². The van der Waals surface area contributed by atoms with E-state index in [2.05, 4.69) is 10.6 Å². The highest BCUT2D eigenvalue weighted by Crippen LogP contribution is 2.39. The number of hydrogen-bond donors (Lipinski definition) is 2. The zero-order chi connectivity index (χ0) is 19.1. The average molecular weight is 379 g/mol. The van der Waals surface area contributed by atoms with E-state index in [1.165, 1.54) is 21.3 Å². The summed E-state index contributed by atoms with van der Waals surface area (Å²) in [4.78, 5) is 24.1. The van der Waals surface area contributed by atoms with Crippen LogP contribution in [0.25, 0.3) is 0 Å². The normalized spacial score (nSPS) is 10.0. The summed E-state index contributed by atoms with van der Waals surface area (Å²) in [6, 6.07) is 9.92. The summed E-state index contributed by atoms with van der Waals surface area (Å²) in [5, 5.41) is 5.61. The van der Waals surface area contributed by atoms with Gasteiger partial charge in [-0.15, -0.1) is 0 Å². The number of hydrogen-bond acceptors (Lipinski definition) is 5. The zero-order valence-electron chi connectivity index (χ0n) is 14.6. The highest BCUT2D eigenvalue weighted by molar-refractivity contribution is 6.33. The Morgan fingerprint density at radius 1 is 0.923 bits per heavy atom. The van der Waals surface area contributed by atoms with Crippen LogP contribution >= 0.6 is 11.6 Å². The fraction of sp³-hybridized carbons (Fsp3) is 0.222. The van der Waals surface area contributed by atoms with E-state index in [9.17, 15) is 9.59 Å². The summed E-state index contributed by atoms with van der Waals surface area (Å²) >= 11 is 5.98. The van der Waals surface area contributed by atoms with Crippen LogP contribution in [0.1, 0.15) is 6.42 Å². The van der Waals surface area contributed by atoms with Crippen molar-refractivity contribution in [3.8, 4) is 17.2 Å². The van der Waals surface area contributed by atoms with Crippen LogP contribution in [-0.2, 0) is 9.59 Å². The molecule has 0 spiro atoms. The van der Waals surface area contributed by atoms with Gasteiger partial charge in [-0.3, -0.25) is 9.59 Å². The third kappa shape index (κ3) is 4.80. The lowest BCUT2D eigenvalue weighted by molar-refractivity contribution is -0.123. The lowest BCUT2D eigenvalue weighted by Crippen LogP contribution is -2.21. The molecule has 0 radical (unpaired) electrons. The summed E-state index contributed by atoms with van der Waals surface area (Å²) in [7, 11) is 4.43. The van der Waals surface area contributed by atoms with E-state index in [4.69, 9.17) is 25.8 Å². The third-order valence-corrected chi connectivity index (χ3v) is 3.75. The predicted molar refractivity (Wildman–Crippen MR) is 99.4 cm³/mol. The van der Waals surface area contributed by atoms with Gasteiger partial charge in [0.2, 0.25) is 17.6 Å². The second-order valence-corrected chi connectivity index (χ2v) is 5.57. The van der Waals surface area contributed by atoms with Crippen molar-refractivity contribution in [3.63, 3.8) is 0 Å². The summed E-state index contributed by atoms with van der Waals surface area (Å²) in [6.07, 6.45) is -0.373. The molecule has 0 aliphatic carbocycles. The van der Waals surface area contributed by atoms with Crippen LogP contribution in [0.15, 0.2) is 36.4 Å². The molecule has 2 N–H and O–H groups in total. The fourth-order valence-electron chi connectivity index (χ4n) is 2.26. The SMILES string of the molecule is COc1cc(NC(=O)CC(=O)Nc2ccccc2Cl)cc(OC)c1OC. The molecule has 0 heterocycles. The Kier molecular flexibility index (Phi) is 6.68. The second kappa shape index (κ2) is 8.96. The molecule has 8 heteroatoms. The quantitative estimate of drug-likeness (QED) is 0.722. The Balaban J connectivity index is 2.05. The number of anilines is 2. The summed E-state index contributed by atoms with van der Waals surface area (Å²) < 4.78 is 15.7. The smallest absolute Gasteiger partial charge is 0.233 e. The Bertz CT molecular complexity index is 785. The monoisotopic (exact) mass is 378 g/mol. The lowest BCUT2D eigenvalue weighted by atomic mass is 10.2. The van der Waals surface area contributed by atoms with Crippen LogP contribution in [0.2, 0.25) is 5.02 Å². The van der Waals surface area contributed by atoms with Gasteiger partial charge in [-0.25, -0.2) is 0 Å². The Hall–Kier alpha value is -2.93. The molecule has 0 aromatic heterocycles. The number of methoxy groups -OCH3 is 3. The molecule has 0 aliphatic rings. The number of halogens is 1. The first-order valence-corrected chi connectivity index (χ1v) is 8.00. The lowest BCUT2D eigenvalue weighted by Gasteiger charge is -2.14. The van der Waals surface area contributed by atoms with Crippen molar-refractivity contribution in [1.29, 1.82) is 0 Å². The van der Waals surface area contributed by atoms with E-state index >= 15 is 0 Å². The van der Waals surface area contributed by atoms with Gasteiger partial charge in [0.15, 0.2) is 11.5 Å². The van der Waals surface area contributed by atoms with Gasteiger partial charge in [-0.05, 0) is 12.1 Å². The maximum absolute atomic E-state index is 12.1. The largest absolute Gasteiger partial charge is 0.493 e. The van der Waals surface area contributed by atoms with E-state index in [-0.39, 0.29) is 6.42 Å². The summed E-state index contributed by atoms with van der Waals surface area (Å²) in [5.74, 6) is 0.210. The molecule has 2 amide bonds. The van der Waals surface area contributed by atoms with E-state index in [1.54, 1.807) is 36.4 Å². The van der Waals surface area contributed by atoms with Gasteiger partial charge in [-0.2, -0.15) is 0 Å². The minimum Gasteiger partial charge on any atom is -0.493 e. The molecule has 2 aromatic rings. The van der Waals surface area contributed by atoms with Crippen LogP contribution in [-0.4, -0.2) is 33.1 Å². The Morgan fingerprint density at radius 2 is 1.50 bits per heavy atom. The van der Waals surface area contributed by atoms with Crippen molar-refractivity contribution >= 4 is 34.8 Å². The first-order chi connectivity index (χ1) is 12.5. The van der Waals surface area contributed by atoms with Gasteiger partial charge in [-0.1, -0.05) is 23.7 Å². The van der Waals surface area contributed by atoms with E-state index in [0.717, 1.165) is 0 Å². The maximum Gasteiger partial charge on any atom is 0.233 e. The highest BCUT2D eigenvalue weighted by Gasteiger charge is 2.16. The number of carbonyl (C=O) groups excluding carboxylic acids is 2. The molecule has 0 saturated heterocycles.